The Morgan fingerprint density at radius 2 is 2.03 bits per heavy atom. The summed E-state index contributed by atoms with van der Waals surface area (Å²) in [5.41, 5.74) is 2.23. The van der Waals surface area contributed by atoms with Crippen LogP contribution in [-0.4, -0.2) is 33.8 Å². The lowest BCUT2D eigenvalue weighted by Crippen LogP contribution is -1.96. The first-order chi connectivity index (χ1) is 14.1. The van der Waals surface area contributed by atoms with Crippen molar-refractivity contribution in [1.29, 1.82) is 0 Å². The van der Waals surface area contributed by atoms with Crippen molar-refractivity contribution in [2.45, 2.75) is 13.5 Å². The van der Waals surface area contributed by atoms with Crippen LogP contribution in [0.3, 0.4) is 0 Å². The number of fused-ring (bicyclic) bond motifs is 2. The molecule has 0 aliphatic rings. The third kappa shape index (κ3) is 3.30. The van der Waals surface area contributed by atoms with Crippen molar-refractivity contribution in [2.75, 3.05) is 14.2 Å². The van der Waals surface area contributed by atoms with Crippen LogP contribution in [0.5, 0.6) is 16.7 Å². The molecule has 0 saturated carbocycles. The first-order valence-electron chi connectivity index (χ1n) is 8.69. The van der Waals surface area contributed by atoms with E-state index in [1.54, 1.807) is 30.1 Å². The van der Waals surface area contributed by atoms with Crippen molar-refractivity contribution < 1.29 is 18.6 Å². The van der Waals surface area contributed by atoms with Crippen LogP contribution >= 0.6 is 22.7 Å². The highest BCUT2D eigenvalue weighted by molar-refractivity contribution is 7.18. The molecular formula is C19H16N4O4S2. The summed E-state index contributed by atoms with van der Waals surface area (Å²) in [6.45, 7) is 2.34. The van der Waals surface area contributed by atoms with E-state index in [0.717, 1.165) is 21.0 Å². The smallest absolute Gasteiger partial charge is 0.294 e. The van der Waals surface area contributed by atoms with E-state index in [4.69, 9.17) is 18.6 Å². The van der Waals surface area contributed by atoms with Gasteiger partial charge in [0, 0.05) is 17.5 Å². The maximum atomic E-state index is 6.05. The van der Waals surface area contributed by atoms with Gasteiger partial charge in [-0.2, -0.15) is 0 Å². The summed E-state index contributed by atoms with van der Waals surface area (Å²) in [6, 6.07) is 5.59. The minimum Gasteiger partial charge on any atom is -0.496 e. The van der Waals surface area contributed by atoms with Crippen LogP contribution in [0.2, 0.25) is 0 Å². The van der Waals surface area contributed by atoms with Gasteiger partial charge in [0.1, 0.15) is 29.4 Å². The fourth-order valence-electron chi connectivity index (χ4n) is 2.96. The summed E-state index contributed by atoms with van der Waals surface area (Å²) in [5, 5.41) is 8.70. The summed E-state index contributed by atoms with van der Waals surface area (Å²) in [6.07, 6.45) is 1.81. The Morgan fingerprint density at radius 1 is 1.14 bits per heavy atom. The van der Waals surface area contributed by atoms with E-state index in [1.807, 2.05) is 36.7 Å². The summed E-state index contributed by atoms with van der Waals surface area (Å²) in [4.78, 5) is 9.75. The molecule has 5 rings (SSSR count). The normalized spacial score (nSPS) is 11.4. The van der Waals surface area contributed by atoms with Crippen LogP contribution in [0.1, 0.15) is 10.7 Å². The van der Waals surface area contributed by atoms with Crippen molar-refractivity contribution in [1.82, 2.24) is 19.6 Å². The van der Waals surface area contributed by atoms with E-state index in [2.05, 4.69) is 15.1 Å². The molecule has 0 unspecified atom stereocenters. The molecule has 0 spiro atoms. The number of furan rings is 1. The molecule has 8 nitrogen and oxygen atoms in total. The van der Waals surface area contributed by atoms with Gasteiger partial charge in [-0.1, -0.05) is 0 Å². The number of imidazole rings is 1. The van der Waals surface area contributed by atoms with Crippen LogP contribution in [0.4, 0.5) is 0 Å². The van der Waals surface area contributed by atoms with Gasteiger partial charge in [-0.25, -0.2) is 14.5 Å². The van der Waals surface area contributed by atoms with Crippen molar-refractivity contribution >= 4 is 38.6 Å². The molecular weight excluding hydrogens is 412 g/mol. The maximum Gasteiger partial charge on any atom is 0.294 e. The van der Waals surface area contributed by atoms with Crippen molar-refractivity contribution in [2.24, 2.45) is 0 Å². The number of aromatic nitrogens is 4. The second-order valence-electron chi connectivity index (χ2n) is 6.22. The van der Waals surface area contributed by atoms with E-state index >= 15 is 0 Å². The average molecular weight is 428 g/mol. The van der Waals surface area contributed by atoms with E-state index in [9.17, 15) is 0 Å². The minimum absolute atomic E-state index is 0.372. The Morgan fingerprint density at radius 3 is 2.76 bits per heavy atom. The maximum absolute atomic E-state index is 6.05. The van der Waals surface area contributed by atoms with Crippen molar-refractivity contribution in [3.63, 3.8) is 0 Å². The largest absolute Gasteiger partial charge is 0.496 e. The average Bonchev–Trinajstić information content (AvgIpc) is 3.47. The molecule has 148 valence electrons. The number of nitrogens with zero attached hydrogens (tertiary/aromatic N) is 4. The molecule has 0 atom stereocenters. The Kier molecular flexibility index (Phi) is 4.36. The number of hydrogen-bond acceptors (Lipinski definition) is 9. The summed E-state index contributed by atoms with van der Waals surface area (Å²) in [5.74, 6) is 1.94. The van der Waals surface area contributed by atoms with Gasteiger partial charge in [-0.05, 0) is 24.3 Å². The molecule has 0 fully saturated rings. The third-order valence-corrected chi connectivity index (χ3v) is 6.01. The fourth-order valence-corrected chi connectivity index (χ4v) is 4.25. The number of rotatable bonds is 6. The Labute approximate surface area is 173 Å². The van der Waals surface area contributed by atoms with Crippen molar-refractivity contribution in [3.05, 3.63) is 40.5 Å². The molecule has 29 heavy (non-hydrogen) atoms. The highest BCUT2D eigenvalue weighted by atomic mass is 32.1. The SMILES string of the molecule is COc1cc(OCc2csc(C)n2)c2cc(-c3cn4nc(OC)sc4n3)oc2c1. The molecule has 0 aliphatic heterocycles. The van der Waals surface area contributed by atoms with Gasteiger partial charge in [0.25, 0.3) is 5.19 Å². The number of ether oxygens (including phenoxy) is 3. The molecule has 1 aromatic carbocycles. The summed E-state index contributed by atoms with van der Waals surface area (Å²) >= 11 is 2.96. The topological polar surface area (TPSA) is 83.9 Å². The van der Waals surface area contributed by atoms with Gasteiger partial charge in [-0.15, -0.1) is 16.4 Å². The van der Waals surface area contributed by atoms with Gasteiger partial charge < -0.3 is 18.6 Å². The molecule has 4 aromatic heterocycles. The molecule has 0 amide bonds. The molecule has 0 N–H and O–H groups in total. The number of thiazole rings is 1. The van der Waals surface area contributed by atoms with Crippen LogP contribution in [-0.2, 0) is 6.61 Å². The van der Waals surface area contributed by atoms with Crippen LogP contribution in [0.15, 0.2) is 34.2 Å². The predicted octanol–water partition coefficient (Wildman–Crippen LogP) is 4.57. The Hall–Kier alpha value is -3.11. The fraction of sp³-hybridized carbons (Fsp3) is 0.211. The second-order valence-corrected chi connectivity index (χ2v) is 8.20. The lowest BCUT2D eigenvalue weighted by Gasteiger charge is -2.07. The molecule has 0 aliphatic carbocycles. The Bertz CT molecular complexity index is 1290. The Balaban J connectivity index is 1.52. The second kappa shape index (κ2) is 7.05. The van der Waals surface area contributed by atoms with E-state index < -0.39 is 0 Å². The van der Waals surface area contributed by atoms with Gasteiger partial charge in [0.2, 0.25) is 4.96 Å². The number of methoxy groups -OCH3 is 2. The predicted molar refractivity (Wildman–Crippen MR) is 110 cm³/mol. The zero-order valence-electron chi connectivity index (χ0n) is 15.8. The molecule has 4 heterocycles. The van der Waals surface area contributed by atoms with E-state index in [-0.39, 0.29) is 0 Å². The third-order valence-electron chi connectivity index (χ3n) is 4.30. The zero-order valence-corrected chi connectivity index (χ0v) is 17.5. The first kappa shape index (κ1) is 18.0. The number of benzene rings is 1. The van der Waals surface area contributed by atoms with Crippen LogP contribution in [0, 0.1) is 6.92 Å². The molecule has 0 bridgehead atoms. The number of hydrogen-bond donors (Lipinski definition) is 0. The summed E-state index contributed by atoms with van der Waals surface area (Å²) in [7, 11) is 3.20. The minimum atomic E-state index is 0.372. The van der Waals surface area contributed by atoms with Crippen LogP contribution in [0.25, 0.3) is 27.4 Å². The van der Waals surface area contributed by atoms with E-state index in [1.165, 1.54) is 11.3 Å². The van der Waals surface area contributed by atoms with Crippen molar-refractivity contribution in [3.8, 4) is 28.1 Å². The summed E-state index contributed by atoms with van der Waals surface area (Å²) < 4.78 is 24.3. The quantitative estimate of drug-likeness (QED) is 0.392. The monoisotopic (exact) mass is 428 g/mol. The van der Waals surface area contributed by atoms with Gasteiger partial charge in [0.05, 0.1) is 36.5 Å². The van der Waals surface area contributed by atoms with E-state index in [0.29, 0.717) is 40.3 Å². The highest BCUT2D eigenvalue weighted by Gasteiger charge is 2.17. The lowest BCUT2D eigenvalue weighted by atomic mass is 10.2. The lowest BCUT2D eigenvalue weighted by molar-refractivity contribution is 0.303. The molecule has 0 radical (unpaired) electrons. The number of aryl methyl sites for hydroxylation is 1. The standard InChI is InChI=1S/C19H16N4O4S2/c1-10-20-11(9-28-10)8-26-15-4-12(24-2)5-16-13(15)6-17(27-16)14-7-23-18(21-14)29-19(22-23)25-3/h4-7,9H,8H2,1-3H3. The molecule has 5 aromatic rings. The zero-order chi connectivity index (χ0) is 20.0. The first-order valence-corrected chi connectivity index (χ1v) is 10.4. The highest BCUT2D eigenvalue weighted by Crippen LogP contribution is 2.37. The van der Waals surface area contributed by atoms with Gasteiger partial charge in [0.15, 0.2) is 5.76 Å². The molecule has 0 saturated heterocycles. The molecule has 10 heteroatoms. The van der Waals surface area contributed by atoms with Gasteiger partial charge in [-0.3, -0.25) is 0 Å². The van der Waals surface area contributed by atoms with Gasteiger partial charge >= 0.3 is 0 Å². The van der Waals surface area contributed by atoms with Crippen LogP contribution < -0.4 is 14.2 Å².